The second kappa shape index (κ2) is 15.2. The van der Waals surface area contributed by atoms with E-state index in [1.165, 1.54) is 29.5 Å². The predicted molar refractivity (Wildman–Crippen MR) is 200 cm³/mol. The first-order chi connectivity index (χ1) is 26.1. The number of likely N-dealkylation sites (tertiary alicyclic amines) is 1. The number of nitrogens with one attached hydrogen (secondary N) is 2. The Bertz CT molecular complexity index is 2200. The smallest absolute Gasteiger partial charge is 0.355 e. The first-order valence-electron chi connectivity index (χ1n) is 18.1. The monoisotopic (exact) mass is 756 g/mol. The molecule has 2 aliphatic rings. The summed E-state index contributed by atoms with van der Waals surface area (Å²) < 4.78 is 42.1. The molecule has 1 saturated heterocycles. The van der Waals surface area contributed by atoms with E-state index < -0.39 is 41.2 Å². The fourth-order valence-corrected chi connectivity index (χ4v) is 7.41. The first kappa shape index (κ1) is 39.0. The highest BCUT2D eigenvalue weighted by Crippen LogP contribution is 2.59. The van der Waals surface area contributed by atoms with Gasteiger partial charge in [0, 0.05) is 48.0 Å². The minimum absolute atomic E-state index is 0.144. The first-order valence-corrected chi connectivity index (χ1v) is 18.1. The van der Waals surface area contributed by atoms with Gasteiger partial charge in [-0.1, -0.05) is 25.1 Å². The van der Waals surface area contributed by atoms with Crippen LogP contribution in [0.2, 0.25) is 0 Å². The minimum atomic E-state index is -4.74. The number of anilines is 1. The molecule has 2 fully saturated rings. The molecule has 4 aromatic rings. The molecule has 1 saturated carbocycles. The third-order valence-electron chi connectivity index (χ3n) is 10.5. The lowest BCUT2D eigenvalue weighted by Gasteiger charge is -2.27. The number of alkyl halides is 3. The van der Waals surface area contributed by atoms with Crippen LogP contribution in [0, 0.1) is 25.2 Å². The molecule has 12 nitrogen and oxygen atoms in total. The Morgan fingerprint density at radius 1 is 1.07 bits per heavy atom. The Morgan fingerprint density at radius 2 is 1.84 bits per heavy atom. The van der Waals surface area contributed by atoms with Crippen molar-refractivity contribution in [3.05, 3.63) is 90.2 Å². The van der Waals surface area contributed by atoms with E-state index >= 15 is 0 Å². The second-order valence-electron chi connectivity index (χ2n) is 14.6. The summed E-state index contributed by atoms with van der Waals surface area (Å²) >= 11 is 0. The van der Waals surface area contributed by atoms with Gasteiger partial charge in [-0.05, 0) is 75.3 Å². The molecule has 3 amide bonds. The van der Waals surface area contributed by atoms with Crippen molar-refractivity contribution in [1.82, 2.24) is 34.9 Å². The van der Waals surface area contributed by atoms with E-state index in [9.17, 15) is 32.3 Å². The fraction of sp³-hybridized carbons (Fsp3) is 0.400. The van der Waals surface area contributed by atoms with Gasteiger partial charge in [0.15, 0.2) is 5.78 Å². The topological polar surface area (TPSA) is 152 Å². The number of allylic oxidation sites excluding steroid dienone is 2. The number of carbonyl (C=O) groups excluding carboxylic acids is 4. The lowest BCUT2D eigenvalue weighted by atomic mass is 9.98. The summed E-state index contributed by atoms with van der Waals surface area (Å²) in [4.78, 5) is 68.4. The van der Waals surface area contributed by atoms with Crippen molar-refractivity contribution in [3.8, 4) is 11.3 Å². The molecule has 1 aromatic carbocycles. The number of hydrogen-bond donors (Lipinski definition) is 2. The van der Waals surface area contributed by atoms with Crippen molar-refractivity contribution >= 4 is 40.2 Å². The van der Waals surface area contributed by atoms with Crippen LogP contribution in [0.25, 0.3) is 22.2 Å². The lowest BCUT2D eigenvalue weighted by molar-refractivity contribution is -0.141. The van der Waals surface area contributed by atoms with Crippen molar-refractivity contribution < 1.29 is 32.3 Å². The van der Waals surface area contributed by atoms with Gasteiger partial charge in [-0.2, -0.15) is 18.3 Å². The molecule has 6 rings (SSSR count). The van der Waals surface area contributed by atoms with Crippen molar-refractivity contribution in [2.45, 2.75) is 84.6 Å². The van der Waals surface area contributed by atoms with Crippen LogP contribution < -0.4 is 10.6 Å². The van der Waals surface area contributed by atoms with E-state index in [1.807, 2.05) is 19.9 Å². The number of ketones is 1. The standard InChI is InChI=1S/C40H43F3N8O4/c1-7-9-11-23(4)37(54)46-21-39-16-30(38(55)48-36-22(3)12-13-31(47-36)40(41,42)43)51(32(39)17-39)33(53)20-50-35-26(10-8-2)14-27(29-19-44-24(5)18-45-29)15-28(35)34(49-50)25(6)52/h7-8,12-15,18-19,23,30,32H,1-2,9-11,16-17,20-21H2,3-6H3,(H,46,54)(H,47,48,55)/t23?,30-,32+,39-/m0/s1. The highest BCUT2D eigenvalue weighted by molar-refractivity contribution is 6.07. The molecule has 0 radical (unpaired) electrons. The summed E-state index contributed by atoms with van der Waals surface area (Å²) in [5.74, 6) is -2.23. The summed E-state index contributed by atoms with van der Waals surface area (Å²) in [5.41, 5.74) is 1.94. The summed E-state index contributed by atoms with van der Waals surface area (Å²) in [6.07, 6.45) is 4.29. The number of halogens is 3. The number of amides is 3. The number of rotatable bonds is 14. The van der Waals surface area contributed by atoms with Gasteiger partial charge in [0.05, 0.1) is 23.1 Å². The van der Waals surface area contributed by atoms with E-state index in [1.54, 1.807) is 30.6 Å². The third-order valence-corrected chi connectivity index (χ3v) is 10.5. The quantitative estimate of drug-likeness (QED) is 0.115. The van der Waals surface area contributed by atoms with Crippen LogP contribution in [0.3, 0.4) is 0 Å². The van der Waals surface area contributed by atoms with Crippen molar-refractivity contribution in [2.24, 2.45) is 11.3 Å². The maximum Gasteiger partial charge on any atom is 0.433 e. The number of pyridine rings is 1. The number of aryl methyl sites for hydroxylation is 2. The molecule has 0 bridgehead atoms. The van der Waals surface area contributed by atoms with E-state index in [0.717, 1.165) is 17.3 Å². The maximum atomic E-state index is 14.5. The van der Waals surface area contributed by atoms with Gasteiger partial charge < -0.3 is 15.5 Å². The number of Topliss-reactive ketones (excluding diaryl/α,β-unsaturated/α-hetero) is 1. The number of nitrogens with zero attached hydrogens (tertiary/aromatic N) is 6. The Kier molecular flexibility index (Phi) is 10.8. The lowest BCUT2D eigenvalue weighted by Crippen LogP contribution is -2.47. The van der Waals surface area contributed by atoms with Crippen LogP contribution in [0.4, 0.5) is 19.0 Å². The number of fused-ring (bicyclic) bond motifs is 2. The van der Waals surface area contributed by atoms with Crippen LogP contribution in [0.15, 0.2) is 62.0 Å². The summed E-state index contributed by atoms with van der Waals surface area (Å²) in [6.45, 7) is 14.0. The van der Waals surface area contributed by atoms with Gasteiger partial charge in [0.2, 0.25) is 17.7 Å². The van der Waals surface area contributed by atoms with Gasteiger partial charge in [0.1, 0.15) is 29.8 Å². The number of aromatic nitrogens is 5. The summed E-state index contributed by atoms with van der Waals surface area (Å²) in [7, 11) is 0. The second-order valence-corrected chi connectivity index (χ2v) is 14.6. The molecule has 1 aliphatic carbocycles. The Morgan fingerprint density at radius 3 is 2.49 bits per heavy atom. The molecule has 4 heterocycles. The number of hydrogen-bond acceptors (Lipinski definition) is 8. The number of benzene rings is 1. The highest BCUT2D eigenvalue weighted by Gasteiger charge is 2.67. The molecule has 4 atom stereocenters. The van der Waals surface area contributed by atoms with Gasteiger partial charge in [-0.3, -0.25) is 33.8 Å². The fourth-order valence-electron chi connectivity index (χ4n) is 7.41. The van der Waals surface area contributed by atoms with Crippen molar-refractivity contribution in [3.63, 3.8) is 0 Å². The molecule has 3 aromatic heterocycles. The zero-order chi connectivity index (χ0) is 39.8. The zero-order valence-corrected chi connectivity index (χ0v) is 31.2. The summed E-state index contributed by atoms with van der Waals surface area (Å²) in [6, 6.07) is 4.19. The number of carbonyl (C=O) groups is 4. The van der Waals surface area contributed by atoms with Crippen LogP contribution in [0.5, 0.6) is 0 Å². The Labute approximate surface area is 316 Å². The van der Waals surface area contributed by atoms with E-state index in [0.29, 0.717) is 53.4 Å². The van der Waals surface area contributed by atoms with Crippen LogP contribution >= 0.6 is 0 Å². The molecule has 1 unspecified atom stereocenters. The van der Waals surface area contributed by atoms with Crippen LogP contribution in [-0.4, -0.2) is 71.8 Å². The molecule has 288 valence electrons. The van der Waals surface area contributed by atoms with E-state index in [4.69, 9.17) is 0 Å². The average molecular weight is 757 g/mol. The predicted octanol–water partition coefficient (Wildman–Crippen LogP) is 6.17. The van der Waals surface area contributed by atoms with Crippen LogP contribution in [0.1, 0.15) is 72.5 Å². The molecule has 0 spiro atoms. The SMILES string of the molecule is C=CCCC(C)C(=O)NC[C@@]12C[C@@H](C(=O)Nc3nc(C(F)(F)F)ccc3C)N(C(=O)Cn3nc(C(C)=O)c4cc(-c5cnc(C)cn5)cc(CC=C)c43)[C@@H]1C2. The van der Waals surface area contributed by atoms with Gasteiger partial charge in [0.25, 0.3) is 0 Å². The normalized spacial score (nSPS) is 19.4. The summed E-state index contributed by atoms with van der Waals surface area (Å²) in [5, 5.41) is 10.7. The third kappa shape index (κ3) is 7.91. The molecule has 15 heteroatoms. The molecule has 2 N–H and O–H groups in total. The minimum Gasteiger partial charge on any atom is -0.355 e. The van der Waals surface area contributed by atoms with Crippen molar-refractivity contribution in [2.75, 3.05) is 11.9 Å². The van der Waals surface area contributed by atoms with Gasteiger partial charge in [-0.25, -0.2) is 4.98 Å². The van der Waals surface area contributed by atoms with Crippen molar-refractivity contribution in [1.29, 1.82) is 0 Å². The molecule has 55 heavy (non-hydrogen) atoms. The average Bonchev–Trinajstić information content (AvgIpc) is 3.55. The van der Waals surface area contributed by atoms with Crippen LogP contribution in [-0.2, 0) is 33.5 Å². The zero-order valence-electron chi connectivity index (χ0n) is 31.2. The Hall–Kier alpha value is -5.73. The largest absolute Gasteiger partial charge is 0.433 e. The molecule has 1 aliphatic heterocycles. The molecular formula is C40H43F3N8O4. The maximum absolute atomic E-state index is 14.5. The highest BCUT2D eigenvalue weighted by atomic mass is 19.4. The molecular weight excluding hydrogens is 713 g/mol. The van der Waals surface area contributed by atoms with Gasteiger partial charge in [-0.15, -0.1) is 13.2 Å². The van der Waals surface area contributed by atoms with E-state index in [2.05, 4.69) is 43.8 Å². The Balaban J connectivity index is 1.34. The number of piperidine rings is 1. The van der Waals surface area contributed by atoms with E-state index in [-0.39, 0.29) is 48.6 Å². The van der Waals surface area contributed by atoms with Gasteiger partial charge >= 0.3 is 6.18 Å².